The number of carbonyl (C=O) groups excluding carboxylic acids is 1. The maximum Gasteiger partial charge on any atom is 0.397 e. The van der Waals surface area contributed by atoms with Crippen LogP contribution in [0, 0.1) is 19.2 Å². The van der Waals surface area contributed by atoms with Crippen molar-refractivity contribution >= 4 is 11.7 Å². The Morgan fingerprint density at radius 2 is 1.92 bits per heavy atom. The van der Waals surface area contributed by atoms with Crippen LogP contribution in [0.25, 0.3) is 4.98 Å². The van der Waals surface area contributed by atoms with Crippen molar-refractivity contribution in [3.05, 3.63) is 33.8 Å². The number of aromatic carboxylic acids is 1. The van der Waals surface area contributed by atoms with Crippen LogP contribution in [-0.4, -0.2) is 5.97 Å². The number of carbonyl (C=O) groups is 1. The predicted molar refractivity (Wildman–Crippen MR) is 45.0 cm³/mol. The van der Waals surface area contributed by atoms with Gasteiger partial charge in [-0.1, -0.05) is 12.1 Å². The van der Waals surface area contributed by atoms with Crippen LogP contribution in [-0.2, 0) is 0 Å². The molecule has 0 saturated heterocycles. The van der Waals surface area contributed by atoms with E-state index in [1.165, 1.54) is 0 Å². The highest BCUT2D eigenvalue weighted by atomic mass is 16.4. The molecule has 0 fully saturated rings. The monoisotopic (exact) mass is 176 g/mol. The van der Waals surface area contributed by atoms with Crippen molar-refractivity contribution in [2.75, 3.05) is 0 Å². The van der Waals surface area contributed by atoms with Gasteiger partial charge in [-0.15, -0.1) is 0 Å². The van der Waals surface area contributed by atoms with Crippen LogP contribution in [0.2, 0.25) is 0 Å². The summed E-state index contributed by atoms with van der Waals surface area (Å²) in [6, 6.07) is 3.34. The number of hydrogen-bond acceptors (Lipinski definition) is 3. The van der Waals surface area contributed by atoms with Crippen molar-refractivity contribution in [3.63, 3.8) is 0 Å². The largest absolute Gasteiger partial charge is 0.544 e. The second-order valence-electron chi connectivity index (χ2n) is 2.81. The highest BCUT2D eigenvalue weighted by Crippen LogP contribution is 2.26. The molecule has 1 aromatic rings. The Bertz CT molecular complexity index is 405. The van der Waals surface area contributed by atoms with Gasteiger partial charge in [0.05, 0.1) is 11.5 Å². The molecule has 0 spiro atoms. The Morgan fingerprint density at radius 1 is 1.38 bits per heavy atom. The van der Waals surface area contributed by atoms with Gasteiger partial charge in [-0.2, -0.15) is 0 Å². The van der Waals surface area contributed by atoms with E-state index < -0.39 is 5.97 Å². The predicted octanol–water partition coefficient (Wildman–Crippen LogP) is 1.15. The first-order valence-corrected chi connectivity index (χ1v) is 3.74. The molecule has 4 nitrogen and oxygen atoms in total. The Morgan fingerprint density at radius 3 is 2.31 bits per heavy atom. The quantitative estimate of drug-likeness (QED) is 0.603. The molecular formula is C9H8N2O2. The summed E-state index contributed by atoms with van der Waals surface area (Å²) < 4.78 is 0. The van der Waals surface area contributed by atoms with Gasteiger partial charge in [0.15, 0.2) is 4.98 Å². The second-order valence-corrected chi connectivity index (χ2v) is 2.81. The third-order valence-corrected chi connectivity index (χ3v) is 1.89. The first-order chi connectivity index (χ1) is 6.07. The molecule has 1 aromatic carbocycles. The molecule has 0 heterocycles. The minimum absolute atomic E-state index is 0.0532. The summed E-state index contributed by atoms with van der Waals surface area (Å²) in [4.78, 5) is 13.6. The average molecular weight is 176 g/mol. The lowest BCUT2D eigenvalue weighted by Gasteiger charge is -2.03. The van der Waals surface area contributed by atoms with E-state index in [1.54, 1.807) is 26.0 Å². The molecule has 0 aliphatic carbocycles. The lowest BCUT2D eigenvalue weighted by atomic mass is 10.0. The van der Waals surface area contributed by atoms with Gasteiger partial charge in [-0.25, -0.2) is 0 Å². The Balaban J connectivity index is 3.55. The number of hydrogen-bond donors (Lipinski definition) is 0. The van der Waals surface area contributed by atoms with Crippen LogP contribution in [0.4, 0.5) is 5.69 Å². The molecule has 13 heavy (non-hydrogen) atoms. The van der Waals surface area contributed by atoms with Crippen LogP contribution in [0.3, 0.4) is 0 Å². The maximum atomic E-state index is 10.7. The fourth-order valence-electron chi connectivity index (χ4n) is 1.18. The summed E-state index contributed by atoms with van der Waals surface area (Å²) in [5.41, 5.74) is 1.15. The lowest BCUT2D eigenvalue weighted by Crippen LogP contribution is -2.23. The van der Waals surface area contributed by atoms with E-state index in [1.807, 2.05) is 0 Å². The maximum absolute atomic E-state index is 10.7. The molecule has 0 saturated carbocycles. The van der Waals surface area contributed by atoms with Gasteiger partial charge >= 0.3 is 5.69 Å². The third-order valence-electron chi connectivity index (χ3n) is 1.89. The molecule has 66 valence electrons. The van der Waals surface area contributed by atoms with Crippen molar-refractivity contribution in [2.45, 2.75) is 13.8 Å². The van der Waals surface area contributed by atoms with E-state index in [0.717, 1.165) is 0 Å². The number of nitrogens with zero attached hydrogens (tertiary/aromatic N) is 2. The van der Waals surface area contributed by atoms with Crippen LogP contribution in [0.15, 0.2) is 12.1 Å². The minimum Gasteiger partial charge on any atom is -0.544 e. The molecule has 0 N–H and O–H groups in total. The number of aryl methyl sites for hydroxylation is 2. The van der Waals surface area contributed by atoms with Gasteiger partial charge in [0.2, 0.25) is 5.39 Å². The van der Waals surface area contributed by atoms with Crippen molar-refractivity contribution < 1.29 is 9.90 Å². The fraction of sp³-hybridized carbons (Fsp3) is 0.222. The summed E-state index contributed by atoms with van der Waals surface area (Å²) in [7, 11) is 0. The zero-order valence-electron chi connectivity index (χ0n) is 7.37. The smallest absolute Gasteiger partial charge is 0.397 e. The van der Waals surface area contributed by atoms with E-state index in [-0.39, 0.29) is 11.3 Å². The van der Waals surface area contributed by atoms with E-state index in [2.05, 4.69) is 4.98 Å². The molecule has 0 bridgehead atoms. The third kappa shape index (κ3) is 1.49. The highest BCUT2D eigenvalue weighted by molar-refractivity contribution is 5.95. The van der Waals surface area contributed by atoms with Gasteiger partial charge in [0.1, 0.15) is 0 Å². The summed E-state index contributed by atoms with van der Waals surface area (Å²) in [5, 5.41) is 19.3. The van der Waals surface area contributed by atoms with E-state index >= 15 is 0 Å². The minimum atomic E-state index is -1.32. The van der Waals surface area contributed by atoms with Crippen molar-refractivity contribution in [2.24, 2.45) is 0 Å². The average Bonchev–Trinajstić information content (AvgIpc) is 2.07. The van der Waals surface area contributed by atoms with Gasteiger partial charge in [-0.3, -0.25) is 0 Å². The molecule has 0 atom stereocenters. The molecule has 0 aliphatic heterocycles. The number of benzene rings is 1. The normalized spacial score (nSPS) is 9.31. The molecule has 1 rings (SSSR count). The van der Waals surface area contributed by atoms with E-state index in [0.29, 0.717) is 11.1 Å². The molecule has 4 heteroatoms. The molecule has 0 aliphatic rings. The second kappa shape index (κ2) is 3.23. The standard InChI is InChI=1S/C9H8N2O2/c1-5-3-4-6(2)8(11-10)7(5)9(12)13/h3-4H,1-2H3. The zero-order chi connectivity index (χ0) is 10.0. The van der Waals surface area contributed by atoms with Crippen LogP contribution >= 0.6 is 0 Å². The van der Waals surface area contributed by atoms with Gasteiger partial charge < -0.3 is 9.90 Å². The van der Waals surface area contributed by atoms with Crippen LogP contribution < -0.4 is 5.11 Å². The number of carboxylic acid groups (broad SMARTS) is 1. The number of diazo groups is 1. The summed E-state index contributed by atoms with van der Waals surface area (Å²) in [5.74, 6) is -1.32. The van der Waals surface area contributed by atoms with Gasteiger partial charge in [-0.05, 0) is 19.4 Å². The fourth-order valence-corrected chi connectivity index (χ4v) is 1.18. The summed E-state index contributed by atoms with van der Waals surface area (Å²) in [6.07, 6.45) is 0. The highest BCUT2D eigenvalue weighted by Gasteiger charge is 2.19. The van der Waals surface area contributed by atoms with Gasteiger partial charge in [0, 0.05) is 5.56 Å². The molecule has 0 aromatic heterocycles. The molecule has 0 radical (unpaired) electrons. The lowest BCUT2D eigenvalue weighted by molar-refractivity contribution is -0.254. The Kier molecular flexibility index (Phi) is 2.29. The Labute approximate surface area is 75.4 Å². The number of carboxylic acids is 1. The van der Waals surface area contributed by atoms with Gasteiger partial charge in [0.25, 0.3) is 0 Å². The molecule has 0 amide bonds. The van der Waals surface area contributed by atoms with Crippen molar-refractivity contribution in [3.8, 4) is 0 Å². The summed E-state index contributed by atoms with van der Waals surface area (Å²) in [6.45, 7) is 3.29. The van der Waals surface area contributed by atoms with E-state index in [9.17, 15) is 9.90 Å². The topological polar surface area (TPSA) is 68.3 Å². The van der Waals surface area contributed by atoms with Crippen molar-refractivity contribution in [1.29, 1.82) is 5.39 Å². The van der Waals surface area contributed by atoms with E-state index in [4.69, 9.17) is 5.39 Å². The SMILES string of the molecule is Cc1ccc(C)c(C(=O)[O-])c1[N+]#N. The number of rotatable bonds is 1. The Hall–Kier alpha value is -1.89. The van der Waals surface area contributed by atoms with Crippen LogP contribution in [0.1, 0.15) is 21.5 Å². The van der Waals surface area contributed by atoms with Crippen LogP contribution in [0.5, 0.6) is 0 Å². The molecular weight excluding hydrogens is 168 g/mol. The molecule has 0 unspecified atom stereocenters. The first-order valence-electron chi connectivity index (χ1n) is 3.74. The summed E-state index contributed by atoms with van der Waals surface area (Å²) >= 11 is 0. The first kappa shape index (κ1) is 9.20. The van der Waals surface area contributed by atoms with Crippen molar-refractivity contribution in [1.82, 2.24) is 0 Å². The zero-order valence-corrected chi connectivity index (χ0v) is 7.37.